The van der Waals surface area contributed by atoms with Crippen molar-refractivity contribution in [3.8, 4) is 0 Å². The van der Waals surface area contributed by atoms with Crippen molar-refractivity contribution >= 4 is 0 Å². The van der Waals surface area contributed by atoms with E-state index in [4.69, 9.17) is 21.1 Å². The Hall–Kier alpha value is -0.200. The van der Waals surface area contributed by atoms with E-state index in [1.165, 1.54) is 0 Å². The first-order valence-corrected chi connectivity index (χ1v) is 3.06. The molecule has 0 aromatic rings. The van der Waals surface area contributed by atoms with E-state index in [2.05, 4.69) is 4.74 Å². The number of ether oxygens (including phenoxy) is 1. The molecular weight excluding hydrogens is 138 g/mol. The molecule has 0 aromatic carbocycles. The molecule has 1 aliphatic rings. The van der Waals surface area contributed by atoms with Gasteiger partial charge in [0.2, 0.25) is 0 Å². The molecule has 1 saturated heterocycles. The Balaban J connectivity index is 2.53. The number of aliphatic hydroxyl groups excluding tert-OH is 3. The van der Waals surface area contributed by atoms with Gasteiger partial charge in [0.25, 0.3) is 0 Å². The highest BCUT2D eigenvalue weighted by Gasteiger charge is 2.40. The van der Waals surface area contributed by atoms with Crippen LogP contribution in [-0.4, -0.2) is 46.5 Å². The Kier molecular flexibility index (Phi) is 2.22. The molecule has 0 unspecified atom stereocenters. The van der Waals surface area contributed by atoms with Crippen LogP contribution in [0.4, 0.5) is 0 Å². The molecule has 1 aliphatic heterocycles. The third-order valence-electron chi connectivity index (χ3n) is 1.57. The van der Waals surface area contributed by atoms with Crippen molar-refractivity contribution in [2.75, 3.05) is 6.54 Å². The smallest absolute Gasteiger partial charge is 0.184 e. The van der Waals surface area contributed by atoms with Crippen LogP contribution < -0.4 is 5.73 Å². The lowest BCUT2D eigenvalue weighted by Gasteiger charge is -2.10. The molecule has 0 saturated carbocycles. The molecule has 0 radical (unpaired) electrons. The van der Waals surface area contributed by atoms with Crippen molar-refractivity contribution in [1.82, 2.24) is 0 Å². The van der Waals surface area contributed by atoms with Gasteiger partial charge in [0.1, 0.15) is 18.3 Å². The summed E-state index contributed by atoms with van der Waals surface area (Å²) < 4.78 is 4.67. The number of hydrogen-bond acceptors (Lipinski definition) is 5. The minimum Gasteiger partial charge on any atom is -0.387 e. The molecule has 60 valence electrons. The normalized spacial score (nSPS) is 48.0. The number of nitrogens with two attached hydrogens (primary N) is 1. The Labute approximate surface area is 58.0 Å². The van der Waals surface area contributed by atoms with Gasteiger partial charge in [-0.2, -0.15) is 0 Å². The third-order valence-corrected chi connectivity index (χ3v) is 1.57. The van der Waals surface area contributed by atoms with Gasteiger partial charge < -0.3 is 25.8 Å². The summed E-state index contributed by atoms with van der Waals surface area (Å²) in [5.74, 6) is 0. The molecular formula is C5H11NO4. The van der Waals surface area contributed by atoms with Gasteiger partial charge in [-0.25, -0.2) is 0 Å². The molecule has 0 spiro atoms. The van der Waals surface area contributed by atoms with Crippen molar-refractivity contribution in [3.63, 3.8) is 0 Å². The van der Waals surface area contributed by atoms with E-state index in [9.17, 15) is 0 Å². The van der Waals surface area contributed by atoms with Gasteiger partial charge in [-0.3, -0.25) is 0 Å². The fourth-order valence-electron chi connectivity index (χ4n) is 0.924. The average molecular weight is 149 g/mol. The average Bonchev–Trinajstić information content (AvgIpc) is 2.17. The summed E-state index contributed by atoms with van der Waals surface area (Å²) >= 11 is 0. The number of rotatable bonds is 1. The van der Waals surface area contributed by atoms with E-state index in [-0.39, 0.29) is 6.54 Å². The summed E-state index contributed by atoms with van der Waals surface area (Å²) in [5.41, 5.74) is 5.14. The van der Waals surface area contributed by atoms with Crippen molar-refractivity contribution in [3.05, 3.63) is 0 Å². The molecule has 5 N–H and O–H groups in total. The first-order chi connectivity index (χ1) is 4.66. The van der Waals surface area contributed by atoms with Crippen LogP contribution in [0.1, 0.15) is 0 Å². The third kappa shape index (κ3) is 1.14. The first kappa shape index (κ1) is 7.90. The minimum atomic E-state index is -1.30. The van der Waals surface area contributed by atoms with E-state index < -0.39 is 24.6 Å². The van der Waals surface area contributed by atoms with Gasteiger partial charge >= 0.3 is 0 Å². The largest absolute Gasteiger partial charge is 0.387 e. The predicted octanol–water partition coefficient (Wildman–Crippen LogP) is -2.62. The van der Waals surface area contributed by atoms with Gasteiger partial charge in [-0.05, 0) is 0 Å². The fourth-order valence-corrected chi connectivity index (χ4v) is 0.924. The summed E-state index contributed by atoms with van der Waals surface area (Å²) in [6.45, 7) is 0.0925. The van der Waals surface area contributed by atoms with Crippen molar-refractivity contribution in [1.29, 1.82) is 0 Å². The maximum Gasteiger partial charge on any atom is 0.184 e. The predicted molar refractivity (Wildman–Crippen MR) is 31.9 cm³/mol. The summed E-state index contributed by atoms with van der Waals surface area (Å²) in [5, 5.41) is 26.7. The Morgan fingerprint density at radius 3 is 2.00 bits per heavy atom. The second kappa shape index (κ2) is 2.81. The Morgan fingerprint density at radius 1 is 1.20 bits per heavy atom. The van der Waals surface area contributed by atoms with E-state index >= 15 is 0 Å². The molecule has 0 aliphatic carbocycles. The van der Waals surface area contributed by atoms with Crippen LogP contribution in [0.2, 0.25) is 0 Å². The monoisotopic (exact) mass is 149 g/mol. The lowest BCUT2D eigenvalue weighted by atomic mass is 10.1. The molecule has 10 heavy (non-hydrogen) atoms. The van der Waals surface area contributed by atoms with Crippen molar-refractivity contribution in [2.24, 2.45) is 5.73 Å². The molecule has 4 atom stereocenters. The molecule has 0 aromatic heterocycles. The fraction of sp³-hybridized carbons (Fsp3) is 1.00. The van der Waals surface area contributed by atoms with Crippen LogP contribution >= 0.6 is 0 Å². The molecule has 1 fully saturated rings. The first-order valence-electron chi connectivity index (χ1n) is 3.06. The zero-order chi connectivity index (χ0) is 7.72. The van der Waals surface area contributed by atoms with Gasteiger partial charge in [0.15, 0.2) is 6.29 Å². The molecule has 0 amide bonds. The number of hydrogen-bond donors (Lipinski definition) is 4. The SMILES string of the molecule is NC[C@H]1O[C@H](O)[C@H](O)[C@@H]1O. The van der Waals surface area contributed by atoms with E-state index in [1.807, 2.05) is 0 Å². The molecule has 1 rings (SSSR count). The summed E-state index contributed by atoms with van der Waals surface area (Å²) in [4.78, 5) is 0. The van der Waals surface area contributed by atoms with E-state index in [1.54, 1.807) is 0 Å². The van der Waals surface area contributed by atoms with Gasteiger partial charge in [-0.1, -0.05) is 0 Å². The Bertz CT molecular complexity index is 120. The van der Waals surface area contributed by atoms with E-state index in [0.29, 0.717) is 0 Å². The maximum atomic E-state index is 9.01. The van der Waals surface area contributed by atoms with Crippen LogP contribution in [0.25, 0.3) is 0 Å². The van der Waals surface area contributed by atoms with Crippen LogP contribution in [0.5, 0.6) is 0 Å². The highest BCUT2D eigenvalue weighted by atomic mass is 16.6. The van der Waals surface area contributed by atoms with Gasteiger partial charge in [0.05, 0.1) is 0 Å². The van der Waals surface area contributed by atoms with Crippen molar-refractivity contribution < 1.29 is 20.1 Å². The zero-order valence-electron chi connectivity index (χ0n) is 5.34. The van der Waals surface area contributed by atoms with Crippen LogP contribution in [0.15, 0.2) is 0 Å². The lowest BCUT2D eigenvalue weighted by Crippen LogP contribution is -2.35. The molecule has 5 nitrogen and oxygen atoms in total. The van der Waals surface area contributed by atoms with Crippen LogP contribution in [0, 0.1) is 0 Å². The quantitative estimate of drug-likeness (QED) is 0.327. The molecule has 0 bridgehead atoms. The van der Waals surface area contributed by atoms with Gasteiger partial charge in [-0.15, -0.1) is 0 Å². The molecule has 1 heterocycles. The van der Waals surface area contributed by atoms with Crippen LogP contribution in [0.3, 0.4) is 0 Å². The van der Waals surface area contributed by atoms with E-state index in [0.717, 1.165) is 0 Å². The highest BCUT2D eigenvalue weighted by Crippen LogP contribution is 2.17. The summed E-state index contributed by atoms with van der Waals surface area (Å²) in [6.07, 6.45) is -4.25. The molecule has 5 heteroatoms. The standard InChI is InChI=1S/C5H11NO4/c6-1-2-3(7)4(8)5(9)10-2/h2-5,7-9H,1,6H2/t2-,3-,4-,5+/m1/s1. The highest BCUT2D eigenvalue weighted by molar-refractivity contribution is 4.85. The second-order valence-corrected chi connectivity index (χ2v) is 2.28. The zero-order valence-corrected chi connectivity index (χ0v) is 5.34. The summed E-state index contributed by atoms with van der Waals surface area (Å²) in [6, 6.07) is 0. The summed E-state index contributed by atoms with van der Waals surface area (Å²) in [7, 11) is 0. The maximum absolute atomic E-state index is 9.01. The minimum absolute atomic E-state index is 0.0925. The topological polar surface area (TPSA) is 95.9 Å². The van der Waals surface area contributed by atoms with Crippen LogP contribution in [-0.2, 0) is 4.74 Å². The van der Waals surface area contributed by atoms with Crippen molar-refractivity contribution in [2.45, 2.75) is 24.6 Å². The van der Waals surface area contributed by atoms with Gasteiger partial charge in [0, 0.05) is 6.54 Å². The second-order valence-electron chi connectivity index (χ2n) is 2.28. The number of aliphatic hydroxyl groups is 3. The lowest BCUT2D eigenvalue weighted by molar-refractivity contribution is -0.125. The Morgan fingerprint density at radius 2 is 1.80 bits per heavy atom.